The Balaban J connectivity index is 2.82. The zero-order valence-electron chi connectivity index (χ0n) is 10.9. The molecule has 0 fully saturated rings. The summed E-state index contributed by atoms with van der Waals surface area (Å²) in [6, 6.07) is 3.66. The predicted molar refractivity (Wildman–Crippen MR) is 71.5 cm³/mol. The van der Waals surface area contributed by atoms with E-state index in [0.717, 1.165) is 6.07 Å². The molecule has 0 saturated heterocycles. The predicted octanol–water partition coefficient (Wildman–Crippen LogP) is 1.09. The van der Waals surface area contributed by atoms with Crippen molar-refractivity contribution in [2.75, 3.05) is 12.3 Å². The van der Waals surface area contributed by atoms with Gasteiger partial charge in [0.15, 0.2) is 0 Å². The molecule has 4 N–H and O–H groups in total. The van der Waals surface area contributed by atoms with Gasteiger partial charge in [0.25, 0.3) is 0 Å². The van der Waals surface area contributed by atoms with Gasteiger partial charge in [-0.15, -0.1) is 0 Å². The first kappa shape index (κ1) is 15.9. The molecule has 0 amide bonds. The first-order valence-corrected chi connectivity index (χ1v) is 7.44. The number of hydrogen-bond acceptors (Lipinski definition) is 4. The molecule has 0 aliphatic carbocycles. The minimum Gasteiger partial charge on any atom is -0.398 e. The van der Waals surface area contributed by atoms with Crippen LogP contribution < -0.4 is 10.5 Å². The second-order valence-electron chi connectivity index (χ2n) is 4.79. The summed E-state index contributed by atoms with van der Waals surface area (Å²) in [6.45, 7) is 3.65. The molecule has 0 bridgehead atoms. The summed E-state index contributed by atoms with van der Waals surface area (Å²) in [4.78, 5) is -0.577. The summed E-state index contributed by atoms with van der Waals surface area (Å²) in [5, 5.41) is 9.62. The largest absolute Gasteiger partial charge is 0.398 e. The molecule has 1 rings (SSSR count). The van der Waals surface area contributed by atoms with E-state index in [4.69, 9.17) is 5.73 Å². The van der Waals surface area contributed by atoms with Crippen molar-refractivity contribution in [3.05, 3.63) is 24.0 Å². The molecular weight excluding hydrogens is 271 g/mol. The molecule has 19 heavy (non-hydrogen) atoms. The number of nitrogens with one attached hydrogen (secondary N) is 1. The van der Waals surface area contributed by atoms with E-state index in [1.165, 1.54) is 12.1 Å². The highest BCUT2D eigenvalue weighted by molar-refractivity contribution is 7.89. The second kappa shape index (κ2) is 6.31. The fourth-order valence-corrected chi connectivity index (χ4v) is 2.97. The number of sulfonamides is 1. The standard InChI is InChI=1S/C12H19FN2O3S/c1-8(2)6-9(16)7-15-19(17,18)12-10(13)4-3-5-11(12)14/h3-5,8-9,15-16H,6-7,14H2,1-2H3. The molecule has 0 radical (unpaired) electrons. The van der Waals surface area contributed by atoms with E-state index in [0.29, 0.717) is 6.42 Å². The van der Waals surface area contributed by atoms with Gasteiger partial charge in [0.2, 0.25) is 10.0 Å². The average Bonchev–Trinajstić information content (AvgIpc) is 2.25. The van der Waals surface area contributed by atoms with Gasteiger partial charge in [0.05, 0.1) is 11.8 Å². The minimum absolute atomic E-state index is 0.161. The molecule has 1 aromatic carbocycles. The van der Waals surface area contributed by atoms with Gasteiger partial charge in [-0.2, -0.15) is 0 Å². The summed E-state index contributed by atoms with van der Waals surface area (Å²) in [7, 11) is -4.06. The normalized spacial score (nSPS) is 13.7. The van der Waals surface area contributed by atoms with Gasteiger partial charge in [-0.1, -0.05) is 19.9 Å². The highest BCUT2D eigenvalue weighted by Gasteiger charge is 2.22. The first-order chi connectivity index (χ1) is 8.74. The average molecular weight is 290 g/mol. The zero-order valence-corrected chi connectivity index (χ0v) is 11.7. The zero-order chi connectivity index (χ0) is 14.6. The Hall–Kier alpha value is -1.18. The number of hydrogen-bond donors (Lipinski definition) is 3. The Morgan fingerprint density at radius 2 is 2.05 bits per heavy atom. The lowest BCUT2D eigenvalue weighted by Gasteiger charge is -2.15. The molecular formula is C12H19FN2O3S. The number of halogens is 1. The van der Waals surface area contributed by atoms with Gasteiger partial charge in [-0.25, -0.2) is 17.5 Å². The second-order valence-corrected chi connectivity index (χ2v) is 6.50. The van der Waals surface area contributed by atoms with Crippen molar-refractivity contribution >= 4 is 15.7 Å². The van der Waals surface area contributed by atoms with Gasteiger partial charge in [-0.3, -0.25) is 0 Å². The number of benzene rings is 1. The van der Waals surface area contributed by atoms with E-state index in [1.54, 1.807) is 0 Å². The Bertz CT molecular complexity index is 512. The third-order valence-corrected chi connectivity index (χ3v) is 4.03. The van der Waals surface area contributed by atoms with Crippen molar-refractivity contribution in [1.82, 2.24) is 4.72 Å². The Labute approximate surface area is 112 Å². The van der Waals surface area contributed by atoms with Gasteiger partial charge < -0.3 is 10.8 Å². The van der Waals surface area contributed by atoms with E-state index in [2.05, 4.69) is 4.72 Å². The van der Waals surface area contributed by atoms with Gasteiger partial charge in [0.1, 0.15) is 10.7 Å². The molecule has 0 aliphatic rings. The van der Waals surface area contributed by atoms with Crippen molar-refractivity contribution in [3.63, 3.8) is 0 Å². The van der Waals surface area contributed by atoms with Crippen molar-refractivity contribution < 1.29 is 17.9 Å². The maximum atomic E-state index is 13.5. The van der Waals surface area contributed by atoms with Gasteiger partial charge in [-0.05, 0) is 24.5 Å². The van der Waals surface area contributed by atoms with Gasteiger partial charge in [0, 0.05) is 6.54 Å². The molecule has 0 heterocycles. The van der Waals surface area contributed by atoms with Crippen LogP contribution in [0.4, 0.5) is 10.1 Å². The van der Waals surface area contributed by atoms with Crippen LogP contribution in [0.5, 0.6) is 0 Å². The van der Waals surface area contributed by atoms with E-state index >= 15 is 0 Å². The Morgan fingerprint density at radius 1 is 1.42 bits per heavy atom. The molecule has 1 atom stereocenters. The third kappa shape index (κ3) is 4.45. The first-order valence-electron chi connectivity index (χ1n) is 5.95. The van der Waals surface area contributed by atoms with Crippen LogP contribution in [0.3, 0.4) is 0 Å². The van der Waals surface area contributed by atoms with Crippen LogP contribution in [0, 0.1) is 11.7 Å². The molecule has 0 spiro atoms. The number of rotatable bonds is 6. The third-order valence-electron chi connectivity index (χ3n) is 2.52. The molecule has 1 unspecified atom stereocenters. The molecule has 5 nitrogen and oxygen atoms in total. The minimum atomic E-state index is -4.06. The van der Waals surface area contributed by atoms with E-state index < -0.39 is 26.8 Å². The van der Waals surface area contributed by atoms with Crippen molar-refractivity contribution in [2.24, 2.45) is 5.92 Å². The Morgan fingerprint density at radius 3 is 2.58 bits per heavy atom. The van der Waals surface area contributed by atoms with Crippen LogP contribution in [-0.2, 0) is 10.0 Å². The molecule has 0 aromatic heterocycles. The van der Waals surface area contributed by atoms with Crippen LogP contribution >= 0.6 is 0 Å². The van der Waals surface area contributed by atoms with Crippen LogP contribution in [0.1, 0.15) is 20.3 Å². The van der Waals surface area contributed by atoms with Crippen LogP contribution in [0.2, 0.25) is 0 Å². The summed E-state index contributed by atoms with van der Waals surface area (Å²) < 4.78 is 39.5. The summed E-state index contributed by atoms with van der Waals surface area (Å²) >= 11 is 0. The lowest BCUT2D eigenvalue weighted by molar-refractivity contribution is 0.152. The fraction of sp³-hybridized carbons (Fsp3) is 0.500. The van der Waals surface area contributed by atoms with Crippen LogP contribution in [-0.4, -0.2) is 26.2 Å². The molecule has 108 valence electrons. The summed E-state index contributed by atoms with van der Waals surface area (Å²) in [5.41, 5.74) is 5.31. The molecule has 1 aromatic rings. The molecule has 0 saturated carbocycles. The maximum Gasteiger partial charge on any atom is 0.245 e. The maximum absolute atomic E-state index is 13.5. The Kier molecular flexibility index (Phi) is 5.28. The molecule has 0 aliphatic heterocycles. The number of nitrogen functional groups attached to an aromatic ring is 1. The number of aliphatic hydroxyl groups excluding tert-OH is 1. The monoisotopic (exact) mass is 290 g/mol. The SMILES string of the molecule is CC(C)CC(O)CNS(=O)(=O)c1c(N)cccc1F. The number of anilines is 1. The van der Waals surface area contributed by atoms with Crippen LogP contribution in [0.15, 0.2) is 23.1 Å². The lowest BCUT2D eigenvalue weighted by atomic mass is 10.1. The van der Waals surface area contributed by atoms with E-state index in [9.17, 15) is 17.9 Å². The summed E-state index contributed by atoms with van der Waals surface area (Å²) in [5.74, 6) is -0.677. The number of nitrogens with two attached hydrogens (primary N) is 1. The highest BCUT2D eigenvalue weighted by atomic mass is 32.2. The summed E-state index contributed by atoms with van der Waals surface area (Å²) in [6.07, 6.45) is -0.363. The van der Waals surface area contributed by atoms with Gasteiger partial charge >= 0.3 is 0 Å². The molecule has 7 heteroatoms. The van der Waals surface area contributed by atoms with E-state index in [-0.39, 0.29) is 18.2 Å². The van der Waals surface area contributed by atoms with Crippen molar-refractivity contribution in [2.45, 2.75) is 31.3 Å². The smallest absolute Gasteiger partial charge is 0.245 e. The lowest BCUT2D eigenvalue weighted by Crippen LogP contribution is -2.33. The van der Waals surface area contributed by atoms with E-state index in [1.807, 2.05) is 13.8 Å². The van der Waals surface area contributed by atoms with Crippen LogP contribution in [0.25, 0.3) is 0 Å². The fourth-order valence-electron chi connectivity index (χ4n) is 1.71. The topological polar surface area (TPSA) is 92.4 Å². The quantitative estimate of drug-likeness (QED) is 0.684. The highest BCUT2D eigenvalue weighted by Crippen LogP contribution is 2.21. The van der Waals surface area contributed by atoms with Crippen molar-refractivity contribution in [3.8, 4) is 0 Å². The number of aliphatic hydroxyl groups is 1. The van der Waals surface area contributed by atoms with Crippen molar-refractivity contribution in [1.29, 1.82) is 0 Å².